The van der Waals surface area contributed by atoms with Gasteiger partial charge in [0.1, 0.15) is 0 Å². The largest absolute Gasteiger partial charge is 0.344 e. The lowest BCUT2D eigenvalue weighted by molar-refractivity contribution is 1.01. The highest BCUT2D eigenvalue weighted by Crippen LogP contribution is 2.37. The van der Waals surface area contributed by atoms with E-state index >= 15 is 0 Å². The number of hydrogen-bond donors (Lipinski definition) is 0. The fourth-order valence-electron chi connectivity index (χ4n) is 6.77. The lowest BCUT2D eigenvalue weighted by Gasteiger charge is -2.10. The summed E-state index contributed by atoms with van der Waals surface area (Å²) < 4.78 is 7.06. The molecule has 0 saturated carbocycles. The maximum absolute atomic E-state index is 4.15. The number of rotatable bonds is 4. The van der Waals surface area contributed by atoms with Crippen LogP contribution in [0.4, 0.5) is 0 Å². The first kappa shape index (κ1) is 23.6. The van der Waals surface area contributed by atoms with Crippen molar-refractivity contribution in [3.05, 3.63) is 133 Å². The molecule has 0 N–H and O–H groups in total. The Bertz CT molecular complexity index is 2300. The second-order valence-corrected chi connectivity index (χ2v) is 10.7. The van der Waals surface area contributed by atoms with Crippen LogP contribution in [0.3, 0.4) is 0 Å². The maximum atomic E-state index is 4.15. The Balaban J connectivity index is 1.42. The molecule has 0 bridgehead atoms. The van der Waals surface area contributed by atoms with E-state index in [0.29, 0.717) is 0 Å². The van der Waals surface area contributed by atoms with Gasteiger partial charge in [0.15, 0.2) is 0 Å². The number of nitrogens with zero attached hydrogens (tertiary/aromatic N) is 3. The van der Waals surface area contributed by atoms with Crippen LogP contribution in [0.5, 0.6) is 0 Å². The molecule has 3 nitrogen and oxygen atoms in total. The van der Waals surface area contributed by atoms with Gasteiger partial charge in [-0.3, -0.25) is 0 Å². The van der Waals surface area contributed by atoms with Crippen molar-refractivity contribution in [1.29, 1.82) is 0 Å². The summed E-state index contributed by atoms with van der Waals surface area (Å²) in [5.41, 5.74) is 10.7. The number of para-hydroxylation sites is 3. The summed E-state index contributed by atoms with van der Waals surface area (Å²) in [5, 5.41) is 6.25. The van der Waals surface area contributed by atoms with E-state index in [1.807, 2.05) is 6.08 Å². The third kappa shape index (κ3) is 3.26. The van der Waals surface area contributed by atoms with Crippen molar-refractivity contribution < 1.29 is 0 Å². The molecule has 41 heavy (non-hydrogen) atoms. The first-order valence-electron chi connectivity index (χ1n) is 14.1. The van der Waals surface area contributed by atoms with E-state index < -0.39 is 0 Å². The summed E-state index contributed by atoms with van der Waals surface area (Å²) in [7, 11) is 2.16. The van der Waals surface area contributed by atoms with Crippen LogP contribution in [-0.4, -0.2) is 13.7 Å². The molecule has 0 aliphatic carbocycles. The Kier molecular flexibility index (Phi) is 5.10. The van der Waals surface area contributed by atoms with Crippen LogP contribution in [0, 0.1) is 0 Å². The summed E-state index contributed by atoms with van der Waals surface area (Å²) in [6.45, 7) is 6.22. The average molecular weight is 528 g/mol. The second-order valence-electron chi connectivity index (χ2n) is 10.7. The molecule has 0 amide bonds. The normalized spacial score (nSPS) is 12.1. The van der Waals surface area contributed by atoms with Gasteiger partial charge in [0.2, 0.25) is 0 Å². The van der Waals surface area contributed by atoms with E-state index in [9.17, 15) is 0 Å². The average Bonchev–Trinajstić information content (AvgIpc) is 3.62. The Morgan fingerprint density at radius 1 is 0.537 bits per heavy atom. The number of aromatic nitrogens is 3. The minimum absolute atomic E-state index is 1.14. The molecule has 0 atom stereocenters. The van der Waals surface area contributed by atoms with Crippen LogP contribution in [0.1, 0.15) is 18.2 Å². The molecule has 8 aromatic rings. The van der Waals surface area contributed by atoms with Gasteiger partial charge in [0.25, 0.3) is 0 Å². The zero-order valence-corrected chi connectivity index (χ0v) is 23.2. The van der Waals surface area contributed by atoms with Gasteiger partial charge in [-0.15, -0.1) is 0 Å². The summed E-state index contributed by atoms with van der Waals surface area (Å²) in [6.07, 6.45) is 6.26. The second kappa shape index (κ2) is 8.87. The van der Waals surface area contributed by atoms with Gasteiger partial charge in [-0.25, -0.2) is 0 Å². The molecule has 0 spiro atoms. The first-order chi connectivity index (χ1) is 20.2. The maximum Gasteiger partial charge on any atom is 0.0541 e. The Hall–Kier alpha value is -5.28. The standard InChI is InChI=1S/C38H29N3/c1-4-12-35-27(5-2)28-13-6-9-16-36(28)40(35)25-19-21-33-31(23-25)32-24-26(20-22-34(32)39(33)3)41-37-17-10-7-14-29(37)30-15-8-11-18-38(30)41/h4-24H,2H2,1,3H3/b12-4-. The topological polar surface area (TPSA) is 14.8 Å². The van der Waals surface area contributed by atoms with Crippen molar-refractivity contribution in [3.63, 3.8) is 0 Å². The molecule has 196 valence electrons. The van der Waals surface area contributed by atoms with E-state index in [2.05, 4.69) is 156 Å². The van der Waals surface area contributed by atoms with Crippen LogP contribution in [0.15, 0.2) is 122 Å². The van der Waals surface area contributed by atoms with Crippen molar-refractivity contribution in [2.45, 2.75) is 6.92 Å². The van der Waals surface area contributed by atoms with Crippen LogP contribution in [-0.2, 0) is 7.05 Å². The number of aryl methyl sites for hydroxylation is 1. The fraction of sp³-hybridized carbons (Fsp3) is 0.0526. The van der Waals surface area contributed by atoms with Gasteiger partial charge in [0, 0.05) is 62.0 Å². The third-order valence-electron chi connectivity index (χ3n) is 8.55. The van der Waals surface area contributed by atoms with E-state index in [0.717, 1.165) is 16.9 Å². The highest BCUT2D eigenvalue weighted by atomic mass is 15.0. The third-order valence-corrected chi connectivity index (χ3v) is 8.55. The van der Waals surface area contributed by atoms with Gasteiger partial charge in [-0.05, 0) is 67.6 Å². The van der Waals surface area contributed by atoms with Gasteiger partial charge >= 0.3 is 0 Å². The quantitative estimate of drug-likeness (QED) is 0.216. The molecular weight excluding hydrogens is 498 g/mol. The molecule has 3 aromatic heterocycles. The molecular formula is C38H29N3. The molecule has 0 saturated heterocycles. The predicted octanol–water partition coefficient (Wildman–Crippen LogP) is 10.0. The lowest BCUT2D eigenvalue weighted by Crippen LogP contribution is -1.97. The highest BCUT2D eigenvalue weighted by Gasteiger charge is 2.18. The van der Waals surface area contributed by atoms with E-state index in [1.165, 1.54) is 60.2 Å². The van der Waals surface area contributed by atoms with Gasteiger partial charge in [-0.1, -0.05) is 73.3 Å². The molecule has 0 fully saturated rings. The molecule has 3 heterocycles. The van der Waals surface area contributed by atoms with E-state index in [-0.39, 0.29) is 0 Å². The molecule has 0 aliphatic rings. The van der Waals surface area contributed by atoms with Crippen molar-refractivity contribution in [1.82, 2.24) is 13.7 Å². The minimum atomic E-state index is 1.14. The van der Waals surface area contributed by atoms with Crippen molar-refractivity contribution >= 4 is 66.7 Å². The van der Waals surface area contributed by atoms with Crippen LogP contribution < -0.4 is 0 Å². The summed E-state index contributed by atoms with van der Waals surface area (Å²) in [4.78, 5) is 0. The summed E-state index contributed by atoms with van der Waals surface area (Å²) in [5.74, 6) is 0. The van der Waals surface area contributed by atoms with Crippen LogP contribution in [0.2, 0.25) is 0 Å². The lowest BCUT2D eigenvalue weighted by atomic mass is 10.1. The summed E-state index contributed by atoms with van der Waals surface area (Å²) in [6, 6.07) is 39.7. The van der Waals surface area contributed by atoms with Crippen LogP contribution >= 0.6 is 0 Å². The van der Waals surface area contributed by atoms with Gasteiger partial charge in [-0.2, -0.15) is 0 Å². The monoisotopic (exact) mass is 527 g/mol. The minimum Gasteiger partial charge on any atom is -0.344 e. The van der Waals surface area contributed by atoms with E-state index in [1.54, 1.807) is 0 Å². The van der Waals surface area contributed by atoms with Crippen LogP contribution in [0.25, 0.3) is 78.0 Å². The van der Waals surface area contributed by atoms with Gasteiger partial charge < -0.3 is 13.7 Å². The van der Waals surface area contributed by atoms with Crippen molar-refractivity contribution in [3.8, 4) is 11.4 Å². The highest BCUT2D eigenvalue weighted by molar-refractivity contribution is 6.12. The van der Waals surface area contributed by atoms with Crippen molar-refractivity contribution in [2.75, 3.05) is 0 Å². The Labute approximate surface area is 238 Å². The molecule has 3 heteroatoms. The first-order valence-corrected chi connectivity index (χ1v) is 14.1. The molecule has 0 unspecified atom stereocenters. The van der Waals surface area contributed by atoms with Crippen molar-refractivity contribution in [2.24, 2.45) is 7.05 Å². The molecule has 0 aliphatic heterocycles. The Morgan fingerprint density at radius 3 is 1.56 bits per heavy atom. The number of benzene rings is 5. The zero-order valence-electron chi connectivity index (χ0n) is 23.2. The SMILES string of the molecule is C=Cc1c(/C=C\C)n(-c2ccc3c(c2)c2cc(-n4c5ccccc5c5ccccc54)ccc2n3C)c2ccccc12. The predicted molar refractivity (Wildman–Crippen MR) is 176 cm³/mol. The fourth-order valence-corrected chi connectivity index (χ4v) is 6.77. The van der Waals surface area contributed by atoms with E-state index in [4.69, 9.17) is 0 Å². The number of fused-ring (bicyclic) bond motifs is 7. The zero-order chi connectivity index (χ0) is 27.7. The number of hydrogen-bond acceptors (Lipinski definition) is 0. The summed E-state index contributed by atoms with van der Waals surface area (Å²) >= 11 is 0. The molecule has 0 radical (unpaired) electrons. The Morgan fingerprint density at radius 2 is 1.02 bits per heavy atom. The molecule has 5 aromatic carbocycles. The molecule has 8 rings (SSSR count). The smallest absolute Gasteiger partial charge is 0.0541 e. The van der Waals surface area contributed by atoms with Gasteiger partial charge in [0.05, 0.1) is 22.2 Å². The number of allylic oxidation sites excluding steroid dienone is 1.